The van der Waals surface area contributed by atoms with E-state index in [1.165, 1.54) is 0 Å². The second-order valence-electron chi connectivity index (χ2n) is 7.79. The molecule has 1 atom stereocenters. The van der Waals surface area contributed by atoms with Gasteiger partial charge in [-0.3, -0.25) is 14.5 Å². The first-order valence-electron chi connectivity index (χ1n) is 10.8. The molecule has 7 nitrogen and oxygen atoms in total. The van der Waals surface area contributed by atoms with Crippen LogP contribution in [0.1, 0.15) is 24.5 Å². The van der Waals surface area contributed by atoms with Crippen molar-refractivity contribution < 1.29 is 19.1 Å². The summed E-state index contributed by atoms with van der Waals surface area (Å²) >= 11 is 0. The minimum Gasteiger partial charge on any atom is -0.489 e. The highest BCUT2D eigenvalue weighted by Crippen LogP contribution is 2.32. The molecule has 0 aliphatic carbocycles. The molecular weight excluding hydrogens is 418 g/mol. The molecule has 168 valence electrons. The molecule has 1 aliphatic heterocycles. The van der Waals surface area contributed by atoms with Crippen LogP contribution >= 0.6 is 0 Å². The molecule has 0 radical (unpaired) electrons. The number of rotatable bonds is 8. The predicted molar refractivity (Wildman–Crippen MR) is 125 cm³/mol. The maximum atomic E-state index is 13.1. The number of ether oxygens (including phenoxy) is 1. The van der Waals surface area contributed by atoms with Gasteiger partial charge in [-0.05, 0) is 41.8 Å². The first-order valence-corrected chi connectivity index (χ1v) is 10.8. The van der Waals surface area contributed by atoms with Gasteiger partial charge in [0.2, 0.25) is 5.91 Å². The van der Waals surface area contributed by atoms with Crippen molar-refractivity contribution in [3.63, 3.8) is 0 Å². The topological polar surface area (TPSA) is 87.7 Å². The van der Waals surface area contributed by atoms with Crippen LogP contribution in [0.5, 0.6) is 5.75 Å². The molecule has 33 heavy (non-hydrogen) atoms. The molecule has 1 heterocycles. The van der Waals surface area contributed by atoms with Crippen LogP contribution in [0.15, 0.2) is 84.9 Å². The second kappa shape index (κ2) is 9.56. The Balaban J connectivity index is 1.36. The Kier molecular flexibility index (Phi) is 6.40. The van der Waals surface area contributed by atoms with Crippen LogP contribution in [-0.4, -0.2) is 29.3 Å². The fraction of sp³-hybridized carbons (Fsp3) is 0.192. The Labute approximate surface area is 192 Å². The standard InChI is InChI=1S/C26H25N3O4/c1-2-26(20-11-7-4-8-12-20)24(31)29(25(32)28-26)17-23(30)27-21-13-15-22(16-14-21)33-18-19-9-5-3-6-10-19/h3-16H,2,17-18H2,1H3,(H,27,30)(H,28,32)/t26-/m1/s1. The third-order valence-corrected chi connectivity index (χ3v) is 5.66. The van der Waals surface area contributed by atoms with Gasteiger partial charge >= 0.3 is 6.03 Å². The maximum Gasteiger partial charge on any atom is 0.325 e. The molecule has 2 N–H and O–H groups in total. The second-order valence-corrected chi connectivity index (χ2v) is 7.79. The van der Waals surface area contributed by atoms with Gasteiger partial charge < -0.3 is 15.4 Å². The number of carbonyl (C=O) groups is 3. The van der Waals surface area contributed by atoms with E-state index in [1.807, 2.05) is 55.5 Å². The third kappa shape index (κ3) is 4.72. The normalized spacial score (nSPS) is 17.5. The molecule has 0 bridgehead atoms. The van der Waals surface area contributed by atoms with Crippen LogP contribution in [0, 0.1) is 0 Å². The Morgan fingerprint density at radius 1 is 0.939 bits per heavy atom. The molecule has 1 aliphatic rings. The van der Waals surface area contributed by atoms with Gasteiger partial charge in [-0.25, -0.2) is 4.79 Å². The maximum absolute atomic E-state index is 13.1. The van der Waals surface area contributed by atoms with Crippen LogP contribution < -0.4 is 15.4 Å². The van der Waals surface area contributed by atoms with Gasteiger partial charge in [-0.15, -0.1) is 0 Å². The number of amides is 4. The lowest BCUT2D eigenvalue weighted by Gasteiger charge is -2.25. The van der Waals surface area contributed by atoms with Crippen molar-refractivity contribution in [2.75, 3.05) is 11.9 Å². The summed E-state index contributed by atoms with van der Waals surface area (Å²) in [7, 11) is 0. The Bertz CT molecular complexity index is 1130. The molecule has 0 spiro atoms. The highest BCUT2D eigenvalue weighted by molar-refractivity contribution is 6.10. The minimum absolute atomic E-state index is 0.370. The highest BCUT2D eigenvalue weighted by atomic mass is 16.5. The van der Waals surface area contributed by atoms with Crippen LogP contribution in [0.4, 0.5) is 10.5 Å². The lowest BCUT2D eigenvalue weighted by molar-refractivity contribution is -0.134. The summed E-state index contributed by atoms with van der Waals surface area (Å²) in [5.74, 6) is -0.223. The lowest BCUT2D eigenvalue weighted by atomic mass is 9.87. The number of carbonyl (C=O) groups excluding carboxylic acids is 3. The van der Waals surface area contributed by atoms with E-state index >= 15 is 0 Å². The Hall–Kier alpha value is -4.13. The van der Waals surface area contributed by atoms with Gasteiger partial charge in [0.1, 0.15) is 24.4 Å². The molecule has 4 amide bonds. The number of nitrogens with zero attached hydrogens (tertiary/aromatic N) is 1. The quantitative estimate of drug-likeness (QED) is 0.514. The number of urea groups is 1. The Morgan fingerprint density at radius 3 is 2.21 bits per heavy atom. The van der Waals surface area contributed by atoms with E-state index in [-0.39, 0.29) is 6.54 Å². The van der Waals surface area contributed by atoms with E-state index in [0.29, 0.717) is 30.0 Å². The molecular formula is C26H25N3O4. The number of imide groups is 1. The summed E-state index contributed by atoms with van der Waals surface area (Å²) in [6, 6.07) is 25.2. The highest BCUT2D eigenvalue weighted by Gasteiger charge is 2.51. The number of hydrogen-bond acceptors (Lipinski definition) is 4. The first-order chi connectivity index (χ1) is 16.0. The van der Waals surface area contributed by atoms with Crippen molar-refractivity contribution in [3.8, 4) is 5.75 Å². The molecule has 3 aromatic carbocycles. The molecule has 0 saturated carbocycles. The van der Waals surface area contributed by atoms with Crippen LogP contribution in [-0.2, 0) is 21.7 Å². The predicted octanol–water partition coefficient (Wildman–Crippen LogP) is 4.06. The van der Waals surface area contributed by atoms with E-state index in [2.05, 4.69) is 10.6 Å². The summed E-state index contributed by atoms with van der Waals surface area (Å²) in [5, 5.41) is 5.51. The summed E-state index contributed by atoms with van der Waals surface area (Å²) in [6.07, 6.45) is 0.379. The average Bonchev–Trinajstić information content (AvgIpc) is 3.10. The summed E-state index contributed by atoms with van der Waals surface area (Å²) in [6.45, 7) is 1.90. The molecule has 7 heteroatoms. The smallest absolute Gasteiger partial charge is 0.325 e. The van der Waals surface area contributed by atoms with E-state index in [0.717, 1.165) is 10.5 Å². The summed E-state index contributed by atoms with van der Waals surface area (Å²) in [4.78, 5) is 39.2. The monoisotopic (exact) mass is 443 g/mol. The molecule has 1 fully saturated rings. The summed E-state index contributed by atoms with van der Waals surface area (Å²) < 4.78 is 5.75. The number of anilines is 1. The number of nitrogens with one attached hydrogen (secondary N) is 2. The minimum atomic E-state index is -1.16. The zero-order valence-corrected chi connectivity index (χ0v) is 18.3. The van der Waals surface area contributed by atoms with Crippen molar-refractivity contribution in [2.45, 2.75) is 25.5 Å². The van der Waals surface area contributed by atoms with Crippen LogP contribution in [0.2, 0.25) is 0 Å². The fourth-order valence-corrected chi connectivity index (χ4v) is 3.85. The average molecular weight is 444 g/mol. The molecule has 0 aromatic heterocycles. The van der Waals surface area contributed by atoms with E-state index in [1.54, 1.807) is 36.4 Å². The zero-order valence-electron chi connectivity index (χ0n) is 18.3. The third-order valence-electron chi connectivity index (χ3n) is 5.66. The van der Waals surface area contributed by atoms with Crippen LogP contribution in [0.3, 0.4) is 0 Å². The summed E-state index contributed by atoms with van der Waals surface area (Å²) in [5.41, 5.74) is 1.14. The van der Waals surface area contributed by atoms with Crippen molar-refractivity contribution in [1.82, 2.24) is 10.2 Å². The van der Waals surface area contributed by atoms with Crippen molar-refractivity contribution in [1.29, 1.82) is 0 Å². The van der Waals surface area contributed by atoms with Gasteiger partial charge in [0.15, 0.2) is 0 Å². The van der Waals surface area contributed by atoms with E-state index < -0.39 is 23.4 Å². The number of hydrogen-bond donors (Lipinski definition) is 2. The van der Waals surface area contributed by atoms with Gasteiger partial charge in [0, 0.05) is 5.69 Å². The molecule has 1 saturated heterocycles. The SMILES string of the molecule is CC[C@]1(c2ccccc2)NC(=O)N(CC(=O)Nc2ccc(OCc3ccccc3)cc2)C1=O. The lowest BCUT2D eigenvalue weighted by Crippen LogP contribution is -2.44. The zero-order chi connectivity index (χ0) is 23.3. The number of benzene rings is 3. The van der Waals surface area contributed by atoms with E-state index in [9.17, 15) is 14.4 Å². The Morgan fingerprint density at radius 2 is 1.58 bits per heavy atom. The van der Waals surface area contributed by atoms with E-state index in [4.69, 9.17) is 4.74 Å². The van der Waals surface area contributed by atoms with Crippen LogP contribution in [0.25, 0.3) is 0 Å². The van der Waals surface area contributed by atoms with Gasteiger partial charge in [-0.2, -0.15) is 0 Å². The molecule has 0 unspecified atom stereocenters. The molecule has 3 aromatic rings. The van der Waals surface area contributed by atoms with Gasteiger partial charge in [0.25, 0.3) is 5.91 Å². The van der Waals surface area contributed by atoms with Gasteiger partial charge in [-0.1, -0.05) is 67.6 Å². The van der Waals surface area contributed by atoms with Crippen molar-refractivity contribution in [2.24, 2.45) is 0 Å². The van der Waals surface area contributed by atoms with Gasteiger partial charge in [0.05, 0.1) is 0 Å². The fourth-order valence-electron chi connectivity index (χ4n) is 3.85. The molecule has 4 rings (SSSR count). The van der Waals surface area contributed by atoms with Crippen molar-refractivity contribution >= 4 is 23.5 Å². The largest absolute Gasteiger partial charge is 0.489 e. The first kappa shape index (κ1) is 22.1. The van der Waals surface area contributed by atoms with Crippen molar-refractivity contribution in [3.05, 3.63) is 96.1 Å².